The molecule has 2 aromatic rings. The van der Waals surface area contributed by atoms with Gasteiger partial charge in [0.25, 0.3) is 0 Å². The van der Waals surface area contributed by atoms with Gasteiger partial charge in [-0.1, -0.05) is 68.4 Å². The van der Waals surface area contributed by atoms with E-state index in [9.17, 15) is 9.59 Å². The monoisotopic (exact) mass is 395 g/mol. The molecule has 2 aromatic carbocycles. The minimum Gasteiger partial charge on any atom is -0.369 e. The minimum absolute atomic E-state index is 0.00166. The molecule has 0 radical (unpaired) electrons. The van der Waals surface area contributed by atoms with Crippen LogP contribution in [0.15, 0.2) is 54.6 Å². The van der Waals surface area contributed by atoms with Crippen LogP contribution in [0.3, 0.4) is 0 Å². The van der Waals surface area contributed by atoms with Crippen molar-refractivity contribution in [2.45, 2.75) is 38.4 Å². The largest absolute Gasteiger partial charge is 0.369 e. The molecule has 0 saturated carbocycles. The van der Waals surface area contributed by atoms with E-state index in [1.165, 1.54) is 5.56 Å². The minimum atomic E-state index is -0.660. The van der Waals surface area contributed by atoms with E-state index >= 15 is 0 Å². The highest BCUT2D eigenvalue weighted by atomic mass is 16.5. The molecule has 1 saturated heterocycles. The van der Waals surface area contributed by atoms with Crippen LogP contribution in [-0.4, -0.2) is 42.5 Å². The Morgan fingerprint density at radius 1 is 1.14 bits per heavy atom. The molecule has 6 heteroatoms. The molecule has 0 aromatic heterocycles. The lowest BCUT2D eigenvalue weighted by Gasteiger charge is -2.34. The molecule has 1 fully saturated rings. The molecule has 0 aliphatic carbocycles. The van der Waals surface area contributed by atoms with Crippen molar-refractivity contribution in [1.82, 2.24) is 10.2 Å². The summed E-state index contributed by atoms with van der Waals surface area (Å²) in [5, 5.41) is 2.89. The Bertz CT molecular complexity index is 821. The first-order chi connectivity index (χ1) is 14.0. The molecule has 2 amide bonds. The molecule has 3 rings (SSSR count). The lowest BCUT2D eigenvalue weighted by molar-refractivity contribution is -0.155. The summed E-state index contributed by atoms with van der Waals surface area (Å²) in [5.41, 5.74) is 9.45. The second-order valence-electron chi connectivity index (χ2n) is 7.71. The van der Waals surface area contributed by atoms with Gasteiger partial charge in [0.05, 0.1) is 6.61 Å². The van der Waals surface area contributed by atoms with E-state index in [0.717, 1.165) is 11.1 Å². The Labute approximate surface area is 172 Å². The molecule has 2 atom stereocenters. The normalized spacial score (nSPS) is 18.0. The van der Waals surface area contributed by atoms with E-state index in [1.807, 2.05) is 42.5 Å². The third-order valence-corrected chi connectivity index (χ3v) is 5.22. The first-order valence-electron chi connectivity index (χ1n) is 10.00. The predicted molar refractivity (Wildman–Crippen MR) is 112 cm³/mol. The summed E-state index contributed by atoms with van der Waals surface area (Å²) in [6, 6.07) is 16.8. The lowest BCUT2D eigenvalue weighted by atomic mass is 9.99. The standard InChI is InChI=1S/C23H29N3O3/c1-16(2)18-8-10-19(11-9-18)20(24)12-25-23(28)21-14-29-15-22(27)26(21)13-17-6-4-3-5-7-17/h3-11,16,20-21H,12-15,24H2,1-2H3,(H,25,28)/t20?,21-/m1/s1. The molecular formula is C23H29N3O3. The molecule has 29 heavy (non-hydrogen) atoms. The summed E-state index contributed by atoms with van der Waals surface area (Å²) in [6.07, 6.45) is 0. The Balaban J connectivity index is 1.61. The molecule has 1 heterocycles. The summed E-state index contributed by atoms with van der Waals surface area (Å²) >= 11 is 0. The second kappa shape index (κ2) is 9.67. The fraction of sp³-hybridized carbons (Fsp3) is 0.391. The summed E-state index contributed by atoms with van der Waals surface area (Å²) in [5.74, 6) is 0.0245. The number of ether oxygens (including phenoxy) is 1. The van der Waals surface area contributed by atoms with Crippen LogP contribution in [-0.2, 0) is 20.9 Å². The van der Waals surface area contributed by atoms with Crippen molar-refractivity contribution in [3.05, 3.63) is 71.3 Å². The first kappa shape index (κ1) is 21.0. The van der Waals surface area contributed by atoms with Gasteiger partial charge in [0.1, 0.15) is 12.6 Å². The SMILES string of the molecule is CC(C)c1ccc(C(N)CNC(=O)[C@H]2COCC(=O)N2Cc2ccccc2)cc1. The maximum Gasteiger partial charge on any atom is 0.249 e. The number of carbonyl (C=O) groups is 2. The molecule has 1 aliphatic heterocycles. The average Bonchev–Trinajstić information content (AvgIpc) is 2.74. The van der Waals surface area contributed by atoms with Crippen molar-refractivity contribution in [1.29, 1.82) is 0 Å². The third kappa shape index (κ3) is 5.43. The number of nitrogens with one attached hydrogen (secondary N) is 1. The maximum absolute atomic E-state index is 12.8. The van der Waals surface area contributed by atoms with Gasteiger partial charge in [-0.05, 0) is 22.6 Å². The number of nitrogens with zero attached hydrogens (tertiary/aromatic N) is 1. The van der Waals surface area contributed by atoms with Gasteiger partial charge < -0.3 is 20.7 Å². The second-order valence-corrected chi connectivity index (χ2v) is 7.71. The zero-order chi connectivity index (χ0) is 20.8. The highest BCUT2D eigenvalue weighted by Crippen LogP contribution is 2.18. The average molecular weight is 396 g/mol. The number of amides is 2. The lowest BCUT2D eigenvalue weighted by Crippen LogP contribution is -2.56. The van der Waals surface area contributed by atoms with Crippen LogP contribution in [0.1, 0.15) is 42.5 Å². The van der Waals surface area contributed by atoms with Gasteiger partial charge in [0.15, 0.2) is 0 Å². The van der Waals surface area contributed by atoms with E-state index < -0.39 is 6.04 Å². The summed E-state index contributed by atoms with van der Waals surface area (Å²) < 4.78 is 5.33. The summed E-state index contributed by atoms with van der Waals surface area (Å²) in [7, 11) is 0. The molecule has 0 spiro atoms. The van der Waals surface area contributed by atoms with Crippen LogP contribution in [0.4, 0.5) is 0 Å². The van der Waals surface area contributed by atoms with Crippen molar-refractivity contribution >= 4 is 11.8 Å². The topological polar surface area (TPSA) is 84.7 Å². The number of benzene rings is 2. The van der Waals surface area contributed by atoms with E-state index in [2.05, 4.69) is 31.3 Å². The number of hydrogen-bond acceptors (Lipinski definition) is 4. The zero-order valence-corrected chi connectivity index (χ0v) is 17.0. The van der Waals surface area contributed by atoms with Crippen LogP contribution in [0.25, 0.3) is 0 Å². The quantitative estimate of drug-likeness (QED) is 0.754. The van der Waals surface area contributed by atoms with Gasteiger partial charge in [0.2, 0.25) is 11.8 Å². The molecule has 1 unspecified atom stereocenters. The summed E-state index contributed by atoms with van der Waals surface area (Å²) in [6.45, 7) is 5.14. The van der Waals surface area contributed by atoms with Crippen molar-refractivity contribution in [3.8, 4) is 0 Å². The van der Waals surface area contributed by atoms with Crippen molar-refractivity contribution < 1.29 is 14.3 Å². The van der Waals surface area contributed by atoms with Gasteiger partial charge in [-0.2, -0.15) is 0 Å². The zero-order valence-electron chi connectivity index (χ0n) is 17.0. The Hall–Kier alpha value is -2.70. The maximum atomic E-state index is 12.8. The number of hydrogen-bond donors (Lipinski definition) is 2. The highest BCUT2D eigenvalue weighted by molar-refractivity contribution is 5.89. The molecular weight excluding hydrogens is 366 g/mol. The van der Waals surface area contributed by atoms with Crippen LogP contribution in [0.5, 0.6) is 0 Å². The van der Waals surface area contributed by atoms with Crippen LogP contribution in [0.2, 0.25) is 0 Å². The Morgan fingerprint density at radius 3 is 2.45 bits per heavy atom. The number of morpholine rings is 1. The van der Waals surface area contributed by atoms with Crippen molar-refractivity contribution in [2.75, 3.05) is 19.8 Å². The highest BCUT2D eigenvalue weighted by Gasteiger charge is 2.34. The Kier molecular flexibility index (Phi) is 7.01. The number of rotatable bonds is 7. The van der Waals surface area contributed by atoms with E-state index in [4.69, 9.17) is 10.5 Å². The van der Waals surface area contributed by atoms with Crippen molar-refractivity contribution in [2.24, 2.45) is 5.73 Å². The van der Waals surface area contributed by atoms with Gasteiger partial charge >= 0.3 is 0 Å². The third-order valence-electron chi connectivity index (χ3n) is 5.22. The molecule has 3 N–H and O–H groups in total. The Morgan fingerprint density at radius 2 is 1.79 bits per heavy atom. The first-order valence-corrected chi connectivity index (χ1v) is 10.00. The predicted octanol–water partition coefficient (Wildman–Crippen LogP) is 2.35. The number of nitrogens with two attached hydrogens (primary N) is 1. The fourth-order valence-corrected chi connectivity index (χ4v) is 3.37. The van der Waals surface area contributed by atoms with Gasteiger partial charge in [-0.3, -0.25) is 9.59 Å². The van der Waals surface area contributed by atoms with Crippen LogP contribution < -0.4 is 11.1 Å². The van der Waals surface area contributed by atoms with Crippen LogP contribution in [0, 0.1) is 0 Å². The molecule has 6 nitrogen and oxygen atoms in total. The smallest absolute Gasteiger partial charge is 0.249 e. The van der Waals surface area contributed by atoms with E-state index in [1.54, 1.807) is 4.90 Å². The van der Waals surface area contributed by atoms with Crippen LogP contribution >= 0.6 is 0 Å². The van der Waals surface area contributed by atoms with Gasteiger partial charge in [-0.25, -0.2) is 0 Å². The molecule has 154 valence electrons. The molecule has 0 bridgehead atoms. The molecule has 1 aliphatic rings. The van der Waals surface area contributed by atoms with Gasteiger partial charge in [-0.15, -0.1) is 0 Å². The number of carbonyl (C=O) groups excluding carboxylic acids is 2. The summed E-state index contributed by atoms with van der Waals surface area (Å²) in [4.78, 5) is 26.7. The van der Waals surface area contributed by atoms with E-state index in [0.29, 0.717) is 19.0 Å². The van der Waals surface area contributed by atoms with Gasteiger partial charge in [0, 0.05) is 19.1 Å². The fourth-order valence-electron chi connectivity index (χ4n) is 3.37. The van der Waals surface area contributed by atoms with E-state index in [-0.39, 0.29) is 31.1 Å². The van der Waals surface area contributed by atoms with Crippen molar-refractivity contribution in [3.63, 3.8) is 0 Å².